The highest BCUT2D eigenvalue weighted by Gasteiger charge is 2.18. The summed E-state index contributed by atoms with van der Waals surface area (Å²) < 4.78 is 0. The van der Waals surface area contributed by atoms with Crippen molar-refractivity contribution in [1.82, 2.24) is 4.98 Å². The van der Waals surface area contributed by atoms with Gasteiger partial charge in [0.1, 0.15) is 0 Å². The minimum atomic E-state index is 0.302. The zero-order valence-corrected chi connectivity index (χ0v) is 11.5. The van der Waals surface area contributed by atoms with E-state index in [1.54, 1.807) is 0 Å². The number of aromatic nitrogens is 1. The average molecular weight is 240 g/mol. The first kappa shape index (κ1) is 13.2. The number of anilines is 1. The molecule has 0 aliphatic heterocycles. The van der Waals surface area contributed by atoms with Crippen molar-refractivity contribution in [3.8, 4) is 0 Å². The van der Waals surface area contributed by atoms with Crippen LogP contribution in [0, 0.1) is 0 Å². The van der Waals surface area contributed by atoms with Crippen LogP contribution in [-0.2, 0) is 0 Å². The fraction of sp³-hybridized carbons (Fsp3) is 0.667. The van der Waals surface area contributed by atoms with Crippen LogP contribution in [0.1, 0.15) is 55.9 Å². The Morgan fingerprint density at radius 1 is 1.38 bits per heavy atom. The van der Waals surface area contributed by atoms with Crippen molar-refractivity contribution >= 4 is 22.8 Å². The second-order valence-electron chi connectivity index (χ2n) is 4.40. The Labute approximate surface area is 101 Å². The van der Waals surface area contributed by atoms with Gasteiger partial charge in [-0.25, -0.2) is 4.98 Å². The van der Waals surface area contributed by atoms with E-state index < -0.39 is 0 Å². The number of rotatable bonds is 5. The summed E-state index contributed by atoms with van der Waals surface area (Å²) in [5.74, 6) is 0.302. The lowest BCUT2D eigenvalue weighted by Gasteiger charge is -2.24. The van der Waals surface area contributed by atoms with Crippen molar-refractivity contribution in [1.29, 1.82) is 0 Å². The highest BCUT2D eigenvalue weighted by molar-refractivity contribution is 7.17. The van der Waals surface area contributed by atoms with Gasteiger partial charge in [-0.3, -0.25) is 4.79 Å². The van der Waals surface area contributed by atoms with Crippen LogP contribution in [0.4, 0.5) is 5.13 Å². The summed E-state index contributed by atoms with van der Waals surface area (Å²) in [6, 6.07) is 0.413. The highest BCUT2D eigenvalue weighted by atomic mass is 32.1. The number of carbonyl (C=O) groups excluding carboxylic acids is 1. The Hall–Kier alpha value is -0.900. The first-order chi connectivity index (χ1) is 7.51. The maximum atomic E-state index is 11.0. The van der Waals surface area contributed by atoms with Crippen LogP contribution in [0.25, 0.3) is 0 Å². The van der Waals surface area contributed by atoms with E-state index in [0.29, 0.717) is 12.0 Å². The number of thiazole rings is 1. The summed E-state index contributed by atoms with van der Waals surface area (Å²) in [5, 5.41) is 0.961. The van der Waals surface area contributed by atoms with Gasteiger partial charge in [-0.15, -0.1) is 0 Å². The molecule has 0 aliphatic carbocycles. The Morgan fingerprint density at radius 2 is 2.00 bits per heavy atom. The van der Waals surface area contributed by atoms with Gasteiger partial charge in [-0.1, -0.05) is 25.2 Å². The normalized spacial score (nSPS) is 11.2. The molecule has 0 saturated heterocycles. The fourth-order valence-corrected chi connectivity index (χ4v) is 2.91. The topological polar surface area (TPSA) is 33.2 Å². The van der Waals surface area contributed by atoms with E-state index in [2.05, 4.69) is 44.5 Å². The van der Waals surface area contributed by atoms with E-state index in [1.807, 2.05) is 0 Å². The van der Waals surface area contributed by atoms with Crippen LogP contribution in [0.2, 0.25) is 0 Å². The average Bonchev–Trinajstić information content (AvgIpc) is 2.62. The lowest BCUT2D eigenvalue weighted by molar-refractivity contribution is 0.112. The van der Waals surface area contributed by atoms with Crippen molar-refractivity contribution < 1.29 is 4.79 Å². The smallest absolute Gasteiger partial charge is 0.186 e. The molecule has 0 saturated carbocycles. The van der Waals surface area contributed by atoms with E-state index in [1.165, 1.54) is 11.3 Å². The monoisotopic (exact) mass is 240 g/mol. The van der Waals surface area contributed by atoms with Gasteiger partial charge in [-0.05, 0) is 26.7 Å². The molecule has 0 atom stereocenters. The predicted octanol–water partition coefficient (Wildman–Crippen LogP) is 3.31. The molecule has 0 unspecified atom stereocenters. The molecule has 3 nitrogen and oxygen atoms in total. The molecule has 0 aromatic carbocycles. The Bertz CT molecular complexity index is 358. The minimum Gasteiger partial charge on any atom is -0.346 e. The number of hydrogen-bond acceptors (Lipinski definition) is 4. The van der Waals surface area contributed by atoms with Crippen LogP contribution >= 0.6 is 11.3 Å². The number of aldehydes is 1. The molecule has 0 fully saturated rings. The zero-order chi connectivity index (χ0) is 12.3. The molecule has 0 N–H and O–H groups in total. The SMILES string of the molecule is CCN(c1nc(C(C)C)c(C=O)s1)C(C)C. The second-order valence-corrected chi connectivity index (χ2v) is 5.41. The Kier molecular flexibility index (Phi) is 4.47. The van der Waals surface area contributed by atoms with E-state index in [4.69, 9.17) is 0 Å². The van der Waals surface area contributed by atoms with Gasteiger partial charge in [0.2, 0.25) is 0 Å². The van der Waals surface area contributed by atoms with Crippen LogP contribution in [0.5, 0.6) is 0 Å². The Morgan fingerprint density at radius 3 is 2.31 bits per heavy atom. The van der Waals surface area contributed by atoms with E-state index in [9.17, 15) is 4.79 Å². The van der Waals surface area contributed by atoms with Crippen molar-refractivity contribution in [3.05, 3.63) is 10.6 Å². The quantitative estimate of drug-likeness (QED) is 0.740. The molecule has 16 heavy (non-hydrogen) atoms. The second kappa shape index (κ2) is 5.43. The molecule has 1 aromatic rings. The van der Waals surface area contributed by atoms with Gasteiger partial charge in [0.05, 0.1) is 10.6 Å². The first-order valence-corrected chi connectivity index (χ1v) is 6.55. The van der Waals surface area contributed by atoms with Crippen molar-refractivity contribution in [2.75, 3.05) is 11.4 Å². The third-order valence-electron chi connectivity index (χ3n) is 2.53. The van der Waals surface area contributed by atoms with Crippen LogP contribution in [-0.4, -0.2) is 23.9 Å². The molecule has 0 amide bonds. The molecule has 4 heteroatoms. The maximum absolute atomic E-state index is 11.0. The Balaban J connectivity index is 3.11. The van der Waals surface area contributed by atoms with Crippen LogP contribution in [0.3, 0.4) is 0 Å². The van der Waals surface area contributed by atoms with Crippen LogP contribution < -0.4 is 4.90 Å². The van der Waals surface area contributed by atoms with Crippen molar-refractivity contribution in [2.24, 2.45) is 0 Å². The number of nitrogens with zero attached hydrogens (tertiary/aromatic N) is 2. The fourth-order valence-electron chi connectivity index (χ4n) is 1.67. The van der Waals surface area contributed by atoms with Gasteiger partial charge in [0, 0.05) is 12.6 Å². The lowest BCUT2D eigenvalue weighted by atomic mass is 10.1. The maximum Gasteiger partial charge on any atom is 0.186 e. The number of carbonyl (C=O) groups is 1. The zero-order valence-electron chi connectivity index (χ0n) is 10.7. The van der Waals surface area contributed by atoms with E-state index in [0.717, 1.165) is 28.5 Å². The van der Waals surface area contributed by atoms with Gasteiger partial charge >= 0.3 is 0 Å². The van der Waals surface area contributed by atoms with Crippen molar-refractivity contribution in [3.63, 3.8) is 0 Å². The molecule has 90 valence electrons. The van der Waals surface area contributed by atoms with E-state index in [-0.39, 0.29) is 0 Å². The molecule has 1 rings (SSSR count). The molecule has 0 radical (unpaired) electrons. The summed E-state index contributed by atoms with van der Waals surface area (Å²) in [6.07, 6.45) is 0.921. The highest BCUT2D eigenvalue weighted by Crippen LogP contribution is 2.30. The van der Waals surface area contributed by atoms with Crippen LogP contribution in [0.15, 0.2) is 0 Å². The molecular weight excluding hydrogens is 220 g/mol. The van der Waals surface area contributed by atoms with E-state index >= 15 is 0 Å². The summed E-state index contributed by atoms with van der Waals surface area (Å²) >= 11 is 1.50. The minimum absolute atomic E-state index is 0.302. The molecule has 0 spiro atoms. The van der Waals surface area contributed by atoms with Gasteiger partial charge < -0.3 is 4.90 Å². The lowest BCUT2D eigenvalue weighted by Crippen LogP contribution is -2.30. The standard InChI is InChI=1S/C12H20N2OS/c1-6-14(9(4)5)12-13-11(8(2)3)10(7-15)16-12/h7-9H,6H2,1-5H3. The van der Waals surface area contributed by atoms with Crippen molar-refractivity contribution in [2.45, 2.75) is 46.6 Å². The molecular formula is C12H20N2OS. The van der Waals surface area contributed by atoms with Gasteiger partial charge in [-0.2, -0.15) is 0 Å². The largest absolute Gasteiger partial charge is 0.346 e. The molecule has 0 bridgehead atoms. The molecule has 0 aliphatic rings. The summed E-state index contributed by atoms with van der Waals surface area (Å²) in [4.78, 5) is 18.5. The summed E-state index contributed by atoms with van der Waals surface area (Å²) in [6.45, 7) is 11.4. The third kappa shape index (κ3) is 2.61. The summed E-state index contributed by atoms with van der Waals surface area (Å²) in [7, 11) is 0. The predicted molar refractivity (Wildman–Crippen MR) is 69.7 cm³/mol. The third-order valence-corrected chi connectivity index (χ3v) is 3.57. The van der Waals surface area contributed by atoms with Gasteiger partial charge in [0.15, 0.2) is 11.4 Å². The molecule has 1 heterocycles. The first-order valence-electron chi connectivity index (χ1n) is 5.73. The number of hydrogen-bond donors (Lipinski definition) is 0. The molecule has 1 aromatic heterocycles. The van der Waals surface area contributed by atoms with Gasteiger partial charge in [0.25, 0.3) is 0 Å². The summed E-state index contributed by atoms with van der Waals surface area (Å²) in [5.41, 5.74) is 0.925.